The van der Waals surface area contributed by atoms with Gasteiger partial charge in [0.1, 0.15) is 0 Å². The number of esters is 1. The number of methoxy groups -OCH3 is 1. The Hall–Kier alpha value is -0.530. The van der Waals surface area contributed by atoms with Gasteiger partial charge >= 0.3 is 5.97 Å². The van der Waals surface area contributed by atoms with Crippen LogP contribution in [0.25, 0.3) is 0 Å². The molecule has 0 spiro atoms. The van der Waals surface area contributed by atoms with Crippen molar-refractivity contribution < 1.29 is 9.53 Å². The zero-order valence-corrected chi connectivity index (χ0v) is 11.6. The monoisotopic (exact) mass is 329 g/mol. The minimum absolute atomic E-state index is 0. The molecular formula is C9H20IN3O2. The van der Waals surface area contributed by atoms with Crippen molar-refractivity contribution in [1.29, 1.82) is 0 Å². The Morgan fingerprint density at radius 3 is 2.60 bits per heavy atom. The molecule has 0 bridgehead atoms. The van der Waals surface area contributed by atoms with Crippen molar-refractivity contribution in [2.24, 2.45) is 10.7 Å². The van der Waals surface area contributed by atoms with E-state index in [0.717, 1.165) is 25.8 Å². The van der Waals surface area contributed by atoms with E-state index in [4.69, 9.17) is 5.73 Å². The largest absolute Gasteiger partial charge is 0.469 e. The Morgan fingerprint density at radius 1 is 1.40 bits per heavy atom. The minimum atomic E-state index is -0.146. The summed E-state index contributed by atoms with van der Waals surface area (Å²) in [4.78, 5) is 14.5. The van der Waals surface area contributed by atoms with Crippen LogP contribution in [0.2, 0.25) is 0 Å². The van der Waals surface area contributed by atoms with Crippen LogP contribution < -0.4 is 11.1 Å². The van der Waals surface area contributed by atoms with Gasteiger partial charge in [-0.1, -0.05) is 6.42 Å². The number of hydrogen-bond donors (Lipinski definition) is 2. The number of nitrogens with zero attached hydrogens (tertiary/aromatic N) is 1. The predicted octanol–water partition coefficient (Wildman–Crippen LogP) is 0.872. The molecule has 0 heterocycles. The molecule has 0 saturated heterocycles. The summed E-state index contributed by atoms with van der Waals surface area (Å²) in [6.07, 6.45) is 3.32. The van der Waals surface area contributed by atoms with Crippen LogP contribution in [0, 0.1) is 0 Å². The van der Waals surface area contributed by atoms with Crippen LogP contribution in [-0.4, -0.2) is 32.6 Å². The maximum atomic E-state index is 10.7. The van der Waals surface area contributed by atoms with Gasteiger partial charge in [-0.25, -0.2) is 0 Å². The van der Waals surface area contributed by atoms with Crippen LogP contribution >= 0.6 is 24.0 Å². The summed E-state index contributed by atoms with van der Waals surface area (Å²) < 4.78 is 4.52. The van der Waals surface area contributed by atoms with Gasteiger partial charge in [-0.05, 0) is 12.8 Å². The second kappa shape index (κ2) is 11.5. The third kappa shape index (κ3) is 11.4. The number of carbonyl (C=O) groups is 1. The number of hydrogen-bond acceptors (Lipinski definition) is 3. The average molecular weight is 329 g/mol. The molecule has 15 heavy (non-hydrogen) atoms. The second-order valence-electron chi connectivity index (χ2n) is 2.92. The molecule has 0 aromatic rings. The van der Waals surface area contributed by atoms with Crippen molar-refractivity contribution in [3.05, 3.63) is 0 Å². The Balaban J connectivity index is 0. The summed E-state index contributed by atoms with van der Waals surface area (Å²) in [7, 11) is 3.04. The first kappa shape index (κ1) is 16.9. The van der Waals surface area contributed by atoms with Gasteiger partial charge in [-0.3, -0.25) is 9.79 Å². The van der Waals surface area contributed by atoms with Crippen molar-refractivity contribution in [3.63, 3.8) is 0 Å². The maximum absolute atomic E-state index is 10.7. The molecule has 3 N–H and O–H groups in total. The van der Waals surface area contributed by atoms with Crippen LogP contribution in [-0.2, 0) is 9.53 Å². The highest BCUT2D eigenvalue weighted by molar-refractivity contribution is 14.0. The quantitative estimate of drug-likeness (QED) is 0.249. The Labute approximate surface area is 108 Å². The smallest absolute Gasteiger partial charge is 0.305 e. The van der Waals surface area contributed by atoms with E-state index < -0.39 is 0 Å². The molecule has 0 radical (unpaired) electrons. The van der Waals surface area contributed by atoms with Gasteiger partial charge in [-0.15, -0.1) is 24.0 Å². The normalized spacial score (nSPS) is 10.4. The standard InChI is InChI=1S/C9H19N3O2.HI/c1-11-9(10)12-7-5-3-4-6-8(13)14-2;/h3-7H2,1-2H3,(H3,10,11,12);1H. The molecule has 0 amide bonds. The first-order valence-corrected chi connectivity index (χ1v) is 4.73. The summed E-state index contributed by atoms with van der Waals surface area (Å²) in [5.74, 6) is 0.311. The molecule has 0 fully saturated rings. The number of nitrogens with two attached hydrogens (primary N) is 1. The van der Waals surface area contributed by atoms with Crippen molar-refractivity contribution in [3.8, 4) is 0 Å². The molecular weight excluding hydrogens is 309 g/mol. The van der Waals surface area contributed by atoms with E-state index in [2.05, 4.69) is 15.0 Å². The van der Waals surface area contributed by atoms with Gasteiger partial charge in [0.15, 0.2) is 5.96 Å². The lowest BCUT2D eigenvalue weighted by Crippen LogP contribution is -2.32. The number of unbranched alkanes of at least 4 members (excludes halogenated alkanes) is 2. The lowest BCUT2D eigenvalue weighted by Gasteiger charge is -2.03. The Bertz CT molecular complexity index is 198. The molecule has 0 unspecified atom stereocenters. The summed E-state index contributed by atoms with van der Waals surface area (Å²) >= 11 is 0. The number of guanidine groups is 1. The van der Waals surface area contributed by atoms with Gasteiger partial charge < -0.3 is 15.8 Å². The highest BCUT2D eigenvalue weighted by Gasteiger charge is 1.98. The van der Waals surface area contributed by atoms with Gasteiger partial charge in [0.25, 0.3) is 0 Å². The molecule has 6 heteroatoms. The van der Waals surface area contributed by atoms with E-state index in [1.54, 1.807) is 7.05 Å². The predicted molar refractivity (Wildman–Crippen MR) is 71.4 cm³/mol. The lowest BCUT2D eigenvalue weighted by molar-refractivity contribution is -0.140. The average Bonchev–Trinajstić information content (AvgIpc) is 2.22. The molecule has 0 aliphatic heterocycles. The van der Waals surface area contributed by atoms with Crippen molar-refractivity contribution in [2.75, 3.05) is 20.7 Å². The molecule has 0 atom stereocenters. The number of ether oxygens (including phenoxy) is 1. The summed E-state index contributed by atoms with van der Waals surface area (Å²) in [6, 6.07) is 0. The van der Waals surface area contributed by atoms with Crippen molar-refractivity contribution in [1.82, 2.24) is 5.32 Å². The van der Waals surface area contributed by atoms with E-state index in [1.807, 2.05) is 0 Å². The fourth-order valence-corrected chi connectivity index (χ4v) is 0.969. The number of aliphatic imine (C=N–C) groups is 1. The molecule has 90 valence electrons. The fraction of sp³-hybridized carbons (Fsp3) is 0.778. The number of halogens is 1. The lowest BCUT2D eigenvalue weighted by atomic mass is 10.2. The zero-order chi connectivity index (χ0) is 10.8. The molecule has 0 saturated carbocycles. The molecule has 5 nitrogen and oxygen atoms in total. The van der Waals surface area contributed by atoms with E-state index in [0.29, 0.717) is 12.4 Å². The molecule has 0 rings (SSSR count). The SMILES string of the molecule is CN=C(N)NCCCCCC(=O)OC.I. The summed E-state index contributed by atoms with van der Waals surface area (Å²) in [5.41, 5.74) is 5.42. The van der Waals surface area contributed by atoms with Crippen molar-refractivity contribution in [2.45, 2.75) is 25.7 Å². The maximum Gasteiger partial charge on any atom is 0.305 e. The number of nitrogens with one attached hydrogen (secondary N) is 1. The topological polar surface area (TPSA) is 76.7 Å². The Kier molecular flexibility index (Phi) is 13.0. The first-order chi connectivity index (χ1) is 6.70. The third-order valence-electron chi connectivity index (χ3n) is 1.83. The van der Waals surface area contributed by atoms with E-state index in [9.17, 15) is 4.79 Å². The highest BCUT2D eigenvalue weighted by atomic mass is 127. The first-order valence-electron chi connectivity index (χ1n) is 4.73. The molecule has 0 aromatic heterocycles. The van der Waals surface area contributed by atoms with Gasteiger partial charge in [0.05, 0.1) is 7.11 Å². The van der Waals surface area contributed by atoms with E-state index in [-0.39, 0.29) is 29.9 Å². The summed E-state index contributed by atoms with van der Waals surface area (Å²) in [5, 5.41) is 2.95. The molecule has 0 aromatic carbocycles. The van der Waals surface area contributed by atoms with Gasteiger partial charge in [0.2, 0.25) is 0 Å². The number of rotatable bonds is 6. The van der Waals surface area contributed by atoms with Crippen LogP contribution in [0.3, 0.4) is 0 Å². The molecule has 0 aliphatic rings. The van der Waals surface area contributed by atoms with Crippen LogP contribution in [0.15, 0.2) is 4.99 Å². The van der Waals surface area contributed by atoms with E-state index >= 15 is 0 Å². The van der Waals surface area contributed by atoms with Crippen LogP contribution in [0.5, 0.6) is 0 Å². The highest BCUT2D eigenvalue weighted by Crippen LogP contribution is 1.99. The van der Waals surface area contributed by atoms with Gasteiger partial charge in [-0.2, -0.15) is 0 Å². The summed E-state index contributed by atoms with van der Waals surface area (Å²) in [6.45, 7) is 0.796. The van der Waals surface area contributed by atoms with Crippen LogP contribution in [0.4, 0.5) is 0 Å². The zero-order valence-electron chi connectivity index (χ0n) is 9.28. The van der Waals surface area contributed by atoms with Crippen LogP contribution in [0.1, 0.15) is 25.7 Å². The third-order valence-corrected chi connectivity index (χ3v) is 1.83. The Morgan fingerprint density at radius 2 is 2.07 bits per heavy atom. The minimum Gasteiger partial charge on any atom is -0.469 e. The fourth-order valence-electron chi connectivity index (χ4n) is 0.969. The van der Waals surface area contributed by atoms with Gasteiger partial charge in [0, 0.05) is 20.0 Å². The van der Waals surface area contributed by atoms with E-state index in [1.165, 1.54) is 7.11 Å². The second-order valence-corrected chi connectivity index (χ2v) is 2.92. The number of carbonyl (C=O) groups excluding carboxylic acids is 1. The molecule has 0 aliphatic carbocycles. The van der Waals surface area contributed by atoms with Crippen molar-refractivity contribution >= 4 is 35.9 Å².